The number of benzene rings is 1. The van der Waals surface area contributed by atoms with Gasteiger partial charge in [0.1, 0.15) is 18.2 Å². The topological polar surface area (TPSA) is 105 Å². The van der Waals surface area contributed by atoms with Crippen LogP contribution in [-0.2, 0) is 26.6 Å². The lowest BCUT2D eigenvalue weighted by molar-refractivity contribution is 0.0841. The van der Waals surface area contributed by atoms with Crippen LogP contribution in [0.3, 0.4) is 0 Å². The van der Waals surface area contributed by atoms with Gasteiger partial charge in [-0.25, -0.2) is 4.98 Å². The van der Waals surface area contributed by atoms with Crippen LogP contribution in [0, 0.1) is 0 Å². The Balaban J connectivity index is 1.06. The van der Waals surface area contributed by atoms with Gasteiger partial charge < -0.3 is 20.5 Å². The number of aliphatic hydroxyl groups is 1. The van der Waals surface area contributed by atoms with Gasteiger partial charge in [0.25, 0.3) is 5.91 Å². The van der Waals surface area contributed by atoms with Gasteiger partial charge in [0.2, 0.25) is 0 Å². The van der Waals surface area contributed by atoms with E-state index in [1.165, 1.54) is 30.4 Å². The molecule has 9 nitrogen and oxygen atoms in total. The van der Waals surface area contributed by atoms with Gasteiger partial charge in [-0.3, -0.25) is 14.4 Å². The molecule has 1 aliphatic heterocycles. The van der Waals surface area contributed by atoms with E-state index in [1.807, 2.05) is 29.9 Å². The minimum absolute atomic E-state index is 0.199. The van der Waals surface area contributed by atoms with Gasteiger partial charge in [-0.1, -0.05) is 6.07 Å². The zero-order valence-electron chi connectivity index (χ0n) is 20.7. The second-order valence-corrected chi connectivity index (χ2v) is 9.72. The molecule has 1 saturated carbocycles. The summed E-state index contributed by atoms with van der Waals surface area (Å²) in [5, 5.41) is 20.9. The van der Waals surface area contributed by atoms with Crippen LogP contribution in [0.5, 0.6) is 5.75 Å². The van der Waals surface area contributed by atoms with Crippen molar-refractivity contribution in [1.82, 2.24) is 25.0 Å². The van der Waals surface area contributed by atoms with E-state index in [0.29, 0.717) is 24.8 Å². The van der Waals surface area contributed by atoms with E-state index in [0.717, 1.165) is 36.8 Å². The molecule has 0 saturated heterocycles. The normalized spacial score (nSPS) is 16.6. The monoisotopic (exact) mass is 490 g/mol. The maximum absolute atomic E-state index is 12.5. The number of hydrogen-bond acceptors (Lipinski definition) is 7. The van der Waals surface area contributed by atoms with Gasteiger partial charge in [0.05, 0.1) is 17.4 Å². The number of amides is 1. The second kappa shape index (κ2) is 11.1. The quantitative estimate of drug-likeness (QED) is 0.401. The second-order valence-electron chi connectivity index (χ2n) is 9.72. The van der Waals surface area contributed by atoms with E-state index in [-0.39, 0.29) is 12.5 Å². The Labute approximate surface area is 211 Å². The lowest BCUT2D eigenvalue weighted by atomic mass is 9.93. The highest BCUT2D eigenvalue weighted by Gasteiger charge is 2.20. The smallest absolute Gasteiger partial charge is 0.252 e. The van der Waals surface area contributed by atoms with Crippen LogP contribution in [0.15, 0.2) is 48.8 Å². The van der Waals surface area contributed by atoms with E-state index in [4.69, 9.17) is 4.74 Å². The number of carbonyl (C=O) groups excluding carboxylic acids is 1. The summed E-state index contributed by atoms with van der Waals surface area (Å²) in [6, 6.07) is 12.3. The number of ether oxygens (including phenoxy) is 1. The molecule has 3 heterocycles. The van der Waals surface area contributed by atoms with Crippen LogP contribution >= 0.6 is 0 Å². The van der Waals surface area contributed by atoms with E-state index in [1.54, 1.807) is 18.5 Å². The summed E-state index contributed by atoms with van der Waals surface area (Å²) in [6.45, 7) is 2.80. The van der Waals surface area contributed by atoms with Crippen LogP contribution in [0.1, 0.15) is 46.4 Å². The first-order chi connectivity index (χ1) is 17.5. The molecule has 9 heteroatoms. The molecule has 190 valence electrons. The minimum atomic E-state index is -0.649. The van der Waals surface area contributed by atoms with Gasteiger partial charge in [-0.15, -0.1) is 0 Å². The van der Waals surface area contributed by atoms with E-state index >= 15 is 0 Å². The van der Waals surface area contributed by atoms with Gasteiger partial charge >= 0.3 is 0 Å². The molecule has 3 aromatic rings. The highest BCUT2D eigenvalue weighted by atomic mass is 16.5. The standard InChI is InChI=1S/C27H34N6O3/c1-32-23(9-11-30-32)18-36-25-7-5-21-16-33(12-10-19(21)13-25)17-24(34)15-29-27(35)20-6-8-26(28-14-20)31-22-3-2-4-22/h5-9,11,13-14,22,24,34H,2-4,10,12,15-18H2,1H3,(H,28,31)(H,29,35). The third-order valence-corrected chi connectivity index (χ3v) is 7.03. The SMILES string of the molecule is Cn1nccc1COc1ccc2c(c1)CCN(CC(O)CNC(=O)c1ccc(NC3CCC3)nc1)C2. The van der Waals surface area contributed by atoms with Crippen LogP contribution in [0.4, 0.5) is 5.82 Å². The van der Waals surface area contributed by atoms with Crippen molar-refractivity contribution >= 4 is 11.7 Å². The molecule has 1 fully saturated rings. The van der Waals surface area contributed by atoms with Crippen LogP contribution in [0.2, 0.25) is 0 Å². The number of fused-ring (bicyclic) bond motifs is 1. The van der Waals surface area contributed by atoms with Crippen LogP contribution in [-0.4, -0.2) is 62.5 Å². The summed E-state index contributed by atoms with van der Waals surface area (Å²) in [6.07, 6.45) is 7.20. The number of β-amino-alcohol motifs (C(OH)–C–C–N with tert-alkyl or cyclic N) is 1. The van der Waals surface area contributed by atoms with Crippen molar-refractivity contribution in [2.45, 2.75) is 51.0 Å². The number of aryl methyl sites for hydroxylation is 1. The third kappa shape index (κ3) is 6.03. The summed E-state index contributed by atoms with van der Waals surface area (Å²) in [5.41, 5.74) is 4.04. The van der Waals surface area contributed by atoms with Crippen molar-refractivity contribution in [2.75, 3.05) is 25.0 Å². The van der Waals surface area contributed by atoms with Crippen molar-refractivity contribution in [1.29, 1.82) is 0 Å². The molecule has 0 spiro atoms. The minimum Gasteiger partial charge on any atom is -0.487 e. The number of hydrogen-bond donors (Lipinski definition) is 3. The van der Waals surface area contributed by atoms with E-state index in [9.17, 15) is 9.90 Å². The third-order valence-electron chi connectivity index (χ3n) is 7.03. The molecular weight excluding hydrogens is 456 g/mol. The average molecular weight is 491 g/mol. The molecule has 0 bridgehead atoms. The predicted molar refractivity (Wildman–Crippen MR) is 137 cm³/mol. The Morgan fingerprint density at radius 1 is 1.22 bits per heavy atom. The number of aliphatic hydroxyl groups excluding tert-OH is 1. The number of anilines is 1. The van der Waals surface area contributed by atoms with Crippen molar-refractivity contribution in [3.8, 4) is 5.75 Å². The van der Waals surface area contributed by atoms with Gasteiger partial charge in [-0.2, -0.15) is 5.10 Å². The first-order valence-electron chi connectivity index (χ1n) is 12.7. The largest absolute Gasteiger partial charge is 0.487 e. The maximum atomic E-state index is 12.5. The zero-order valence-corrected chi connectivity index (χ0v) is 20.7. The van der Waals surface area contributed by atoms with Gasteiger partial charge in [0.15, 0.2) is 0 Å². The fraction of sp³-hybridized carbons (Fsp3) is 0.444. The Kier molecular flexibility index (Phi) is 7.48. The number of nitrogens with zero attached hydrogens (tertiary/aromatic N) is 4. The Hall–Kier alpha value is -3.43. The molecule has 36 heavy (non-hydrogen) atoms. The fourth-order valence-corrected chi connectivity index (χ4v) is 4.58. The molecule has 3 N–H and O–H groups in total. The Morgan fingerprint density at radius 2 is 2.11 bits per heavy atom. The molecule has 1 unspecified atom stereocenters. The molecule has 0 radical (unpaired) electrons. The van der Waals surface area contributed by atoms with Crippen molar-refractivity contribution in [2.24, 2.45) is 7.05 Å². The number of carbonyl (C=O) groups is 1. The molecule has 1 amide bonds. The van der Waals surface area contributed by atoms with Crippen molar-refractivity contribution in [3.63, 3.8) is 0 Å². The first-order valence-corrected chi connectivity index (χ1v) is 12.7. The van der Waals surface area contributed by atoms with Gasteiger partial charge in [-0.05, 0) is 67.1 Å². The summed E-state index contributed by atoms with van der Waals surface area (Å²) in [7, 11) is 1.91. The average Bonchev–Trinajstić information content (AvgIpc) is 3.28. The molecular formula is C27H34N6O3. The number of nitrogens with one attached hydrogen (secondary N) is 2. The summed E-state index contributed by atoms with van der Waals surface area (Å²) >= 11 is 0. The lowest BCUT2D eigenvalue weighted by Crippen LogP contribution is -2.42. The molecule has 1 aromatic carbocycles. The number of pyridine rings is 1. The summed E-state index contributed by atoms with van der Waals surface area (Å²) in [4.78, 5) is 19.0. The highest BCUT2D eigenvalue weighted by molar-refractivity contribution is 5.94. The molecule has 2 aromatic heterocycles. The lowest BCUT2D eigenvalue weighted by Gasteiger charge is -2.30. The maximum Gasteiger partial charge on any atom is 0.252 e. The summed E-state index contributed by atoms with van der Waals surface area (Å²) < 4.78 is 7.76. The van der Waals surface area contributed by atoms with Crippen molar-refractivity contribution in [3.05, 3.63) is 71.2 Å². The van der Waals surface area contributed by atoms with Gasteiger partial charge in [0, 0.05) is 51.7 Å². The highest BCUT2D eigenvalue weighted by Crippen LogP contribution is 2.25. The van der Waals surface area contributed by atoms with E-state index < -0.39 is 6.10 Å². The predicted octanol–water partition coefficient (Wildman–Crippen LogP) is 2.51. The summed E-state index contributed by atoms with van der Waals surface area (Å²) in [5.74, 6) is 1.43. The van der Waals surface area contributed by atoms with E-state index in [2.05, 4.69) is 37.7 Å². The molecule has 2 aliphatic rings. The molecule has 1 aliphatic carbocycles. The Bertz CT molecular complexity index is 1170. The number of aromatic nitrogens is 3. The van der Waals surface area contributed by atoms with Crippen LogP contribution < -0.4 is 15.4 Å². The number of rotatable bonds is 10. The van der Waals surface area contributed by atoms with Crippen LogP contribution in [0.25, 0.3) is 0 Å². The zero-order chi connectivity index (χ0) is 24.9. The molecule has 1 atom stereocenters. The Morgan fingerprint density at radius 3 is 2.83 bits per heavy atom. The molecule has 5 rings (SSSR count). The first kappa shape index (κ1) is 24.3. The van der Waals surface area contributed by atoms with Crippen molar-refractivity contribution < 1.29 is 14.6 Å². The fourth-order valence-electron chi connectivity index (χ4n) is 4.58.